The van der Waals surface area contributed by atoms with E-state index in [0.29, 0.717) is 12.1 Å². The van der Waals surface area contributed by atoms with Crippen molar-refractivity contribution in [1.29, 1.82) is 0 Å². The summed E-state index contributed by atoms with van der Waals surface area (Å²) in [6.07, 6.45) is 3.38. The van der Waals surface area contributed by atoms with Crippen molar-refractivity contribution in [3.8, 4) is 0 Å². The van der Waals surface area contributed by atoms with Gasteiger partial charge in [0.1, 0.15) is 0 Å². The predicted octanol–water partition coefficient (Wildman–Crippen LogP) is -0.958. The first-order valence-electron chi connectivity index (χ1n) is 7.13. The van der Waals surface area contributed by atoms with Gasteiger partial charge >= 0.3 is 5.69 Å². The largest absolute Gasteiger partial charge is 0.341 e. The number of amides is 1. The Bertz CT molecular complexity index is 641. The molecule has 1 unspecified atom stereocenters. The van der Waals surface area contributed by atoms with Crippen LogP contribution >= 0.6 is 0 Å². The van der Waals surface area contributed by atoms with E-state index in [0.717, 1.165) is 24.0 Å². The molecule has 21 heavy (non-hydrogen) atoms. The van der Waals surface area contributed by atoms with Crippen LogP contribution in [0.25, 0.3) is 0 Å². The molecular weight excluding hydrogens is 272 g/mol. The molecule has 1 aromatic rings. The summed E-state index contributed by atoms with van der Waals surface area (Å²) in [5.41, 5.74) is -0.270. The molecule has 2 heterocycles. The maximum absolute atomic E-state index is 12.4. The molecule has 0 aromatic carbocycles. The second kappa shape index (κ2) is 6.26. The molecule has 7 heteroatoms. The predicted molar refractivity (Wildman–Crippen MR) is 79.0 cm³/mol. The van der Waals surface area contributed by atoms with Gasteiger partial charge in [-0.15, -0.1) is 0 Å². The summed E-state index contributed by atoms with van der Waals surface area (Å²) in [7, 11) is 4.74. The molecule has 0 saturated carbocycles. The molecule has 0 spiro atoms. The average Bonchev–Trinajstić information content (AvgIpc) is 2.50. The van der Waals surface area contributed by atoms with Gasteiger partial charge in [0.05, 0.1) is 18.0 Å². The lowest BCUT2D eigenvalue weighted by Gasteiger charge is -2.27. The lowest BCUT2D eigenvalue weighted by atomic mass is 9.98. The number of aromatic nitrogens is 2. The Morgan fingerprint density at radius 1 is 1.43 bits per heavy atom. The highest BCUT2D eigenvalue weighted by molar-refractivity contribution is 5.78. The Morgan fingerprint density at radius 2 is 2.14 bits per heavy atom. The summed E-state index contributed by atoms with van der Waals surface area (Å²) in [6.45, 7) is 1.86. The Morgan fingerprint density at radius 3 is 2.76 bits per heavy atom. The van der Waals surface area contributed by atoms with Crippen molar-refractivity contribution in [2.24, 2.45) is 20.0 Å². The van der Waals surface area contributed by atoms with Gasteiger partial charge in [-0.05, 0) is 19.4 Å². The van der Waals surface area contributed by atoms with Gasteiger partial charge in [0.25, 0.3) is 5.56 Å². The van der Waals surface area contributed by atoms with E-state index >= 15 is 0 Å². The van der Waals surface area contributed by atoms with Crippen LogP contribution in [0.15, 0.2) is 15.8 Å². The lowest BCUT2D eigenvalue weighted by Crippen LogP contribution is -2.43. The first-order valence-corrected chi connectivity index (χ1v) is 7.13. The zero-order chi connectivity index (χ0) is 15.6. The molecular formula is C14H22N4O3. The topological polar surface area (TPSA) is 76.3 Å². The van der Waals surface area contributed by atoms with Crippen LogP contribution < -0.4 is 16.6 Å². The molecule has 1 atom stereocenters. The second-order valence-corrected chi connectivity index (χ2v) is 5.65. The number of carbonyl (C=O) groups excluding carboxylic acids is 1. The zero-order valence-electron chi connectivity index (χ0n) is 12.8. The quantitative estimate of drug-likeness (QED) is 0.779. The van der Waals surface area contributed by atoms with E-state index in [9.17, 15) is 14.4 Å². The van der Waals surface area contributed by atoms with Gasteiger partial charge in [0.2, 0.25) is 5.91 Å². The average molecular weight is 294 g/mol. The maximum atomic E-state index is 12.4. The zero-order valence-corrected chi connectivity index (χ0v) is 12.8. The number of hydrogen-bond acceptors (Lipinski definition) is 4. The van der Waals surface area contributed by atoms with Crippen LogP contribution in [0.3, 0.4) is 0 Å². The molecule has 1 aromatic heterocycles. The number of piperidine rings is 1. The fourth-order valence-electron chi connectivity index (χ4n) is 2.70. The molecule has 0 aliphatic carbocycles. The van der Waals surface area contributed by atoms with Crippen LogP contribution in [-0.2, 0) is 25.4 Å². The highest BCUT2D eigenvalue weighted by Gasteiger charge is 2.24. The van der Waals surface area contributed by atoms with Crippen molar-refractivity contribution in [1.82, 2.24) is 19.4 Å². The van der Waals surface area contributed by atoms with Crippen LogP contribution in [-0.4, -0.2) is 40.1 Å². The minimum absolute atomic E-state index is 0.0277. The maximum Gasteiger partial charge on any atom is 0.330 e. The van der Waals surface area contributed by atoms with Gasteiger partial charge in [-0.2, -0.15) is 0 Å². The Labute approximate surface area is 123 Å². The third kappa shape index (κ3) is 3.24. The summed E-state index contributed by atoms with van der Waals surface area (Å²) in [5.74, 6) is 0.0123. The van der Waals surface area contributed by atoms with E-state index < -0.39 is 0 Å². The SMILES string of the molecule is CN(Cc1cn(C)c(=O)n(C)c1=O)C(=O)C1CCCNC1. The van der Waals surface area contributed by atoms with Gasteiger partial charge in [0, 0.05) is 33.9 Å². The molecule has 7 nitrogen and oxygen atoms in total. The van der Waals surface area contributed by atoms with Crippen molar-refractivity contribution < 1.29 is 4.79 Å². The molecule has 1 aliphatic rings. The van der Waals surface area contributed by atoms with Crippen molar-refractivity contribution >= 4 is 5.91 Å². The molecule has 1 saturated heterocycles. The standard InChI is InChI=1S/C14H22N4O3/c1-16(12(19)10-5-4-6-15-7-10)8-11-9-17(2)14(21)18(3)13(11)20/h9-10,15H,4-8H2,1-3H3. The molecule has 2 rings (SSSR count). The third-order valence-electron chi connectivity index (χ3n) is 3.95. The van der Waals surface area contributed by atoms with Crippen molar-refractivity contribution in [3.63, 3.8) is 0 Å². The fraction of sp³-hybridized carbons (Fsp3) is 0.643. The van der Waals surface area contributed by atoms with Gasteiger partial charge in [0.15, 0.2) is 0 Å². The third-order valence-corrected chi connectivity index (χ3v) is 3.95. The molecule has 0 radical (unpaired) electrons. The summed E-state index contributed by atoms with van der Waals surface area (Å²) >= 11 is 0. The van der Waals surface area contributed by atoms with E-state index in [4.69, 9.17) is 0 Å². The summed E-state index contributed by atoms with van der Waals surface area (Å²) in [4.78, 5) is 37.6. The van der Waals surface area contributed by atoms with Gasteiger partial charge in [-0.3, -0.25) is 14.2 Å². The number of carbonyl (C=O) groups is 1. The monoisotopic (exact) mass is 294 g/mol. The number of aryl methyl sites for hydroxylation is 1. The highest BCUT2D eigenvalue weighted by Crippen LogP contribution is 2.13. The highest BCUT2D eigenvalue weighted by atomic mass is 16.2. The molecule has 0 bridgehead atoms. The Kier molecular flexibility index (Phi) is 4.62. The molecule has 1 fully saturated rings. The first kappa shape index (κ1) is 15.5. The Balaban J connectivity index is 2.16. The number of rotatable bonds is 3. The van der Waals surface area contributed by atoms with Crippen LogP contribution in [0.5, 0.6) is 0 Å². The number of nitrogens with zero attached hydrogens (tertiary/aromatic N) is 3. The Hall–Kier alpha value is -1.89. The van der Waals surface area contributed by atoms with Crippen molar-refractivity contribution in [2.45, 2.75) is 19.4 Å². The minimum atomic E-state index is -0.366. The van der Waals surface area contributed by atoms with Crippen LogP contribution in [0.2, 0.25) is 0 Å². The second-order valence-electron chi connectivity index (χ2n) is 5.65. The van der Waals surface area contributed by atoms with Crippen molar-refractivity contribution in [2.75, 3.05) is 20.1 Å². The first-order chi connectivity index (χ1) is 9.91. The fourth-order valence-corrected chi connectivity index (χ4v) is 2.70. The van der Waals surface area contributed by atoms with E-state index in [1.54, 1.807) is 19.0 Å². The van der Waals surface area contributed by atoms with E-state index in [2.05, 4.69) is 5.32 Å². The molecule has 1 aliphatic heterocycles. The summed E-state index contributed by atoms with van der Waals surface area (Å²) in [6, 6.07) is 0. The van der Waals surface area contributed by atoms with Gasteiger partial charge in [-0.1, -0.05) is 0 Å². The van der Waals surface area contributed by atoms with Crippen LogP contribution in [0.4, 0.5) is 0 Å². The number of hydrogen-bond donors (Lipinski definition) is 1. The lowest BCUT2D eigenvalue weighted by molar-refractivity contribution is -0.135. The van der Waals surface area contributed by atoms with Crippen molar-refractivity contribution in [3.05, 3.63) is 32.6 Å². The van der Waals surface area contributed by atoms with Crippen LogP contribution in [0, 0.1) is 5.92 Å². The summed E-state index contributed by atoms with van der Waals surface area (Å²) in [5, 5.41) is 3.21. The smallest absolute Gasteiger partial charge is 0.330 e. The molecule has 116 valence electrons. The normalized spacial score (nSPS) is 18.5. The summed E-state index contributed by atoms with van der Waals surface area (Å²) < 4.78 is 2.42. The van der Waals surface area contributed by atoms with Gasteiger partial charge in [-0.25, -0.2) is 4.79 Å². The van der Waals surface area contributed by atoms with Gasteiger partial charge < -0.3 is 14.8 Å². The van der Waals surface area contributed by atoms with E-state index in [-0.39, 0.29) is 29.6 Å². The van der Waals surface area contributed by atoms with Crippen LogP contribution in [0.1, 0.15) is 18.4 Å². The minimum Gasteiger partial charge on any atom is -0.341 e. The molecule has 1 amide bonds. The van der Waals surface area contributed by atoms with E-state index in [1.807, 2.05) is 0 Å². The molecule has 1 N–H and O–H groups in total. The van der Waals surface area contributed by atoms with E-state index in [1.165, 1.54) is 17.8 Å². The number of nitrogens with one attached hydrogen (secondary N) is 1.